The fourth-order valence-electron chi connectivity index (χ4n) is 8.87. The Hall–Kier alpha value is -8.46. The quantitative estimate of drug-likeness (QED) is 0.0746. The minimum atomic E-state index is 1.07. The van der Waals surface area contributed by atoms with Gasteiger partial charge in [-0.15, -0.1) is 0 Å². The van der Waals surface area contributed by atoms with E-state index in [1.54, 1.807) is 0 Å². The molecule has 348 valence electrons. The molecule has 0 spiro atoms. The van der Waals surface area contributed by atoms with Crippen LogP contribution in [0.5, 0.6) is 0 Å². The molecule has 0 aromatic heterocycles. The average Bonchev–Trinajstić information content (AvgIpc) is 3.44. The zero-order valence-corrected chi connectivity index (χ0v) is 41.0. The van der Waals surface area contributed by atoms with E-state index in [1.807, 2.05) is 0 Å². The van der Waals surface area contributed by atoms with Crippen molar-refractivity contribution in [3.05, 3.63) is 311 Å². The number of hydrogen-bond donors (Lipinski definition) is 0. The second-order valence-electron chi connectivity index (χ2n) is 18.0. The van der Waals surface area contributed by atoms with Gasteiger partial charge in [0.15, 0.2) is 0 Å². The van der Waals surface area contributed by atoms with Gasteiger partial charge in [-0.1, -0.05) is 245 Å². The summed E-state index contributed by atoms with van der Waals surface area (Å²) in [7, 11) is 0. The van der Waals surface area contributed by atoms with Crippen LogP contribution in [0.25, 0.3) is 35.5 Å². The van der Waals surface area contributed by atoms with Crippen LogP contribution in [0.4, 0.5) is 22.7 Å². The van der Waals surface area contributed by atoms with Crippen LogP contribution in [0.15, 0.2) is 255 Å². The van der Waals surface area contributed by atoms with E-state index in [-0.39, 0.29) is 0 Å². The van der Waals surface area contributed by atoms with Gasteiger partial charge in [0.25, 0.3) is 0 Å². The summed E-state index contributed by atoms with van der Waals surface area (Å²) in [5.41, 5.74) is 18.8. The molecule has 0 saturated heterocycles. The van der Waals surface area contributed by atoms with Gasteiger partial charge in [-0.25, -0.2) is 0 Å². The van der Waals surface area contributed by atoms with Crippen molar-refractivity contribution in [1.29, 1.82) is 0 Å². The molecule has 9 aromatic carbocycles. The van der Waals surface area contributed by atoms with E-state index in [4.69, 9.17) is 0 Å². The molecule has 0 saturated carbocycles. The first-order valence-electron chi connectivity index (χ1n) is 25.2. The fourth-order valence-corrected chi connectivity index (χ4v) is 8.87. The third-order valence-electron chi connectivity index (χ3n) is 12.9. The molecule has 2 heteroatoms. The van der Waals surface area contributed by atoms with Gasteiger partial charge in [0.2, 0.25) is 0 Å². The lowest BCUT2D eigenvalue weighted by atomic mass is 9.98. The molecule has 2 nitrogen and oxygen atoms in total. The van der Waals surface area contributed by atoms with Crippen molar-refractivity contribution in [2.24, 2.45) is 0 Å². The summed E-state index contributed by atoms with van der Waals surface area (Å²) in [6.07, 6.45) is 19.0. The molecule has 0 N–H and O–H groups in total. The molecule has 0 atom stereocenters. The van der Waals surface area contributed by atoms with Gasteiger partial charge < -0.3 is 9.80 Å². The molecule has 0 fully saturated rings. The number of anilines is 4. The van der Waals surface area contributed by atoms with Crippen LogP contribution in [0.1, 0.15) is 88.7 Å². The van der Waals surface area contributed by atoms with Gasteiger partial charge in [-0.3, -0.25) is 0 Å². The number of benzene rings is 9. The van der Waals surface area contributed by atoms with Gasteiger partial charge in [-0.2, -0.15) is 0 Å². The summed E-state index contributed by atoms with van der Waals surface area (Å²) >= 11 is 0. The van der Waals surface area contributed by atoms with Crippen LogP contribution >= 0.6 is 0 Å². The maximum absolute atomic E-state index is 2.32. The predicted molar refractivity (Wildman–Crippen MR) is 307 cm³/mol. The Bertz CT molecular complexity index is 3070. The number of unbranched alkanes of at least 4 members (excludes halogenated alkanes) is 1. The highest BCUT2D eigenvalue weighted by molar-refractivity contribution is 5.86. The fraction of sp³-hybridized carbons (Fsp3) is 0.101. The Morgan fingerprint density at radius 1 is 0.296 bits per heavy atom. The number of nitrogens with zero attached hydrogens (tertiary/aromatic N) is 2. The van der Waals surface area contributed by atoms with Gasteiger partial charge in [0, 0.05) is 46.3 Å². The molecule has 0 unspecified atom stereocenters. The van der Waals surface area contributed by atoms with E-state index < -0.39 is 0 Å². The van der Waals surface area contributed by atoms with Crippen molar-refractivity contribution in [1.82, 2.24) is 0 Å². The molecular formula is C69H62N2. The van der Waals surface area contributed by atoms with Gasteiger partial charge in [-0.05, 0) is 123 Å². The van der Waals surface area contributed by atoms with Crippen LogP contribution in [0, 0.1) is 0 Å². The zero-order chi connectivity index (χ0) is 48.5. The third kappa shape index (κ3) is 12.8. The number of aryl methyl sites for hydroxylation is 2. The molecule has 0 heterocycles. The molecule has 0 aliphatic heterocycles. The third-order valence-corrected chi connectivity index (χ3v) is 12.9. The minimum Gasteiger partial charge on any atom is -0.317 e. The van der Waals surface area contributed by atoms with Crippen LogP contribution < -0.4 is 9.80 Å². The maximum atomic E-state index is 2.32. The number of rotatable bonds is 19. The predicted octanol–water partition coefficient (Wildman–Crippen LogP) is 18.8. The summed E-state index contributed by atoms with van der Waals surface area (Å²) in [4.78, 5) is 4.63. The molecule has 9 rings (SSSR count). The zero-order valence-electron chi connectivity index (χ0n) is 41.0. The average molecular weight is 919 g/mol. The van der Waals surface area contributed by atoms with Crippen molar-refractivity contribution in [3.8, 4) is 0 Å². The summed E-state index contributed by atoms with van der Waals surface area (Å²) in [5.74, 6) is 0. The van der Waals surface area contributed by atoms with Crippen LogP contribution in [-0.2, 0) is 12.8 Å². The smallest absolute Gasteiger partial charge is 0.0456 e. The van der Waals surface area contributed by atoms with E-state index in [1.165, 1.54) is 46.2 Å². The molecule has 0 bridgehead atoms. The summed E-state index contributed by atoms with van der Waals surface area (Å²) in [6.45, 7) is 4.48. The van der Waals surface area contributed by atoms with Crippen molar-refractivity contribution in [2.45, 2.75) is 46.0 Å². The summed E-state index contributed by atoms with van der Waals surface area (Å²) in [6, 6.07) is 87.2. The van der Waals surface area contributed by atoms with Crippen molar-refractivity contribution in [2.75, 3.05) is 9.80 Å². The Kier molecular flexibility index (Phi) is 16.2. The normalized spacial score (nSPS) is 11.1. The standard InChI is InChI=1S/C69H62N2/c1-3-5-19-55-38-46-65(47-39-55)71(53-69(62-24-14-8-15-25-62)63-26-16-9-17-27-63)67-50-42-59(43-51-67)35-33-57-30-28-56(29-31-57)32-34-58-40-48-66(49-41-58)70(64-44-36-54(18-4-2)37-45-64)52-68(60-20-10-6-11-21-60)61-22-12-7-13-23-61/h6-17,20-53H,3-5,18-19H2,1-2H3/b34-32+,35-33+. The largest absolute Gasteiger partial charge is 0.317 e. The Morgan fingerprint density at radius 2 is 0.563 bits per heavy atom. The van der Waals surface area contributed by atoms with Crippen LogP contribution in [0.3, 0.4) is 0 Å². The highest BCUT2D eigenvalue weighted by atomic mass is 15.1. The van der Waals surface area contributed by atoms with E-state index in [9.17, 15) is 0 Å². The van der Waals surface area contributed by atoms with E-state index in [0.29, 0.717) is 0 Å². The first kappa shape index (κ1) is 47.6. The first-order chi connectivity index (χ1) is 35.1. The van der Waals surface area contributed by atoms with Crippen molar-refractivity contribution < 1.29 is 0 Å². The SMILES string of the molecule is CCCCc1ccc(N(C=C(c2ccccc2)c2ccccc2)c2ccc(/C=C/c3ccc(/C=C/c4ccc(N(C=C(c5ccccc5)c5ccccc5)c5ccc(CCC)cc5)cc4)cc3)cc2)cc1. The Labute approximate surface area is 422 Å². The van der Waals surface area contributed by atoms with Crippen LogP contribution in [0.2, 0.25) is 0 Å². The van der Waals surface area contributed by atoms with E-state index in [2.05, 4.69) is 303 Å². The summed E-state index contributed by atoms with van der Waals surface area (Å²) in [5, 5.41) is 0. The van der Waals surface area contributed by atoms with Gasteiger partial charge in [0.05, 0.1) is 0 Å². The van der Waals surface area contributed by atoms with Crippen molar-refractivity contribution in [3.63, 3.8) is 0 Å². The molecule has 71 heavy (non-hydrogen) atoms. The molecule has 0 amide bonds. The molecular weight excluding hydrogens is 857 g/mol. The highest BCUT2D eigenvalue weighted by Gasteiger charge is 2.14. The van der Waals surface area contributed by atoms with Gasteiger partial charge >= 0.3 is 0 Å². The lowest BCUT2D eigenvalue weighted by molar-refractivity contribution is 0.795. The lowest BCUT2D eigenvalue weighted by Gasteiger charge is -2.24. The molecule has 0 aliphatic carbocycles. The summed E-state index contributed by atoms with van der Waals surface area (Å²) < 4.78 is 0. The monoisotopic (exact) mass is 918 g/mol. The molecule has 0 aliphatic rings. The van der Waals surface area contributed by atoms with Gasteiger partial charge in [0.1, 0.15) is 0 Å². The van der Waals surface area contributed by atoms with E-state index >= 15 is 0 Å². The lowest BCUT2D eigenvalue weighted by Crippen LogP contribution is -2.10. The second kappa shape index (κ2) is 24.2. The molecule has 0 radical (unpaired) electrons. The highest BCUT2D eigenvalue weighted by Crippen LogP contribution is 2.34. The molecule has 9 aromatic rings. The topological polar surface area (TPSA) is 6.48 Å². The van der Waals surface area contributed by atoms with Crippen LogP contribution in [-0.4, -0.2) is 0 Å². The maximum Gasteiger partial charge on any atom is 0.0456 e. The van der Waals surface area contributed by atoms with E-state index in [0.717, 1.165) is 75.4 Å². The number of hydrogen-bond acceptors (Lipinski definition) is 2. The minimum absolute atomic E-state index is 1.07. The first-order valence-corrected chi connectivity index (χ1v) is 25.2. The van der Waals surface area contributed by atoms with Crippen molar-refractivity contribution >= 4 is 58.2 Å². The Morgan fingerprint density at radius 3 is 0.845 bits per heavy atom. The Balaban J connectivity index is 0.916. The second-order valence-corrected chi connectivity index (χ2v) is 18.0.